The largest absolute Gasteiger partial charge is 0.382 e. The van der Waals surface area contributed by atoms with Gasteiger partial charge in [0.25, 0.3) is 0 Å². The number of fused-ring (bicyclic) bond motifs is 2. The molecule has 0 bridgehead atoms. The van der Waals surface area contributed by atoms with Gasteiger partial charge in [-0.25, -0.2) is 0 Å². The van der Waals surface area contributed by atoms with Crippen LogP contribution >= 0.6 is 0 Å². The Bertz CT molecular complexity index is 4700. The Labute approximate surface area is 627 Å². The van der Waals surface area contributed by atoms with Crippen LogP contribution in [0.4, 0.5) is 45.5 Å². The number of allylic oxidation sites excluding steroid dienone is 10. The van der Waals surface area contributed by atoms with Crippen molar-refractivity contribution < 1.29 is 9.15 Å². The number of hydrogen-bond acceptors (Lipinski definition) is 4. The topological polar surface area (TPSA) is 36.6 Å². The number of para-hydroxylation sites is 4. The molecule has 14 rings (SSSR count). The molecule has 2 N–H and O–H groups in total. The number of rotatable bonds is 20. The maximum Gasteiger partial charge on any atom is 0.211 e. The van der Waals surface area contributed by atoms with Crippen LogP contribution in [0.25, 0.3) is 32.7 Å². The van der Waals surface area contributed by atoms with Crippen LogP contribution in [0.1, 0.15) is 152 Å². The normalized spacial score (nSPS) is 17.2. The predicted octanol–water partition coefficient (Wildman–Crippen LogP) is 25.3. The molecule has 0 radical (unpaired) electrons. The molecule has 4 aliphatic carbocycles. The first-order chi connectivity index (χ1) is 51.2. The van der Waals surface area contributed by atoms with Crippen LogP contribution in [0.2, 0.25) is 0 Å². The van der Waals surface area contributed by atoms with E-state index in [-0.39, 0.29) is 0 Å². The number of aryl methyl sites for hydroxylation is 8. The third-order valence-corrected chi connectivity index (χ3v) is 23.4. The Morgan fingerprint density at radius 3 is 0.962 bits per heavy atom. The van der Waals surface area contributed by atoms with E-state index >= 15 is 0 Å². The van der Waals surface area contributed by atoms with Gasteiger partial charge in [0.05, 0.1) is 0 Å². The van der Waals surface area contributed by atoms with Crippen molar-refractivity contribution in [2.45, 2.75) is 153 Å². The van der Waals surface area contributed by atoms with E-state index in [9.17, 15) is 0 Å². The minimum atomic E-state index is 0.447. The fourth-order valence-electron chi connectivity index (χ4n) is 18.3. The molecule has 105 heavy (non-hydrogen) atoms. The first-order valence-electron chi connectivity index (χ1n) is 39.3. The summed E-state index contributed by atoms with van der Waals surface area (Å²) in [7, 11) is 0. The fraction of sp³-hybridized carbons (Fsp3) is 0.293. The summed E-state index contributed by atoms with van der Waals surface area (Å²) in [5.41, 5.74) is 32.6. The molecule has 532 valence electrons. The zero-order valence-electron chi connectivity index (χ0n) is 64.4. The molecule has 2 fully saturated rings. The van der Waals surface area contributed by atoms with Crippen LogP contribution in [0.15, 0.2) is 254 Å². The van der Waals surface area contributed by atoms with Crippen molar-refractivity contribution in [3.63, 3.8) is 0 Å². The van der Waals surface area contributed by atoms with Gasteiger partial charge >= 0.3 is 0 Å². The molecule has 6 heteroatoms. The van der Waals surface area contributed by atoms with Gasteiger partial charge in [0.15, 0.2) is 0 Å². The Kier molecular flexibility index (Phi) is 21.8. The van der Waals surface area contributed by atoms with Crippen LogP contribution in [0.3, 0.4) is 0 Å². The smallest absolute Gasteiger partial charge is 0.211 e. The van der Waals surface area contributed by atoms with Gasteiger partial charge in [0, 0.05) is 117 Å². The molecule has 0 aliphatic heterocycles. The highest BCUT2D eigenvalue weighted by molar-refractivity contribution is 6.10. The van der Waals surface area contributed by atoms with E-state index in [0.717, 1.165) is 38.0 Å². The van der Waals surface area contributed by atoms with E-state index in [1.165, 1.54) is 225 Å². The number of benzene rings is 10. The number of hydrogen-bond donors (Lipinski definition) is 2. The Morgan fingerprint density at radius 1 is 0.333 bits per heavy atom. The zero-order valence-corrected chi connectivity index (χ0v) is 64.4. The first-order valence-corrected chi connectivity index (χ1v) is 39.3. The summed E-state index contributed by atoms with van der Waals surface area (Å²) in [4.78, 5) is 4.92. The Hall–Kier alpha value is -10.3. The van der Waals surface area contributed by atoms with E-state index in [0.29, 0.717) is 12.1 Å². The minimum absolute atomic E-state index is 0.447. The standard InChI is InChI=1S/C99H106N6/c1-13-102(96-66(5)25-21-26-67(96)6)82-53-41-76(42-54-82)94(77-43-55-83(56-44-77)103(14-2)97-68(7)27-22-28-69(97)8)90-61-63-92(88-35-19-17-33-86(88)90)100-80-49-37-74(38-50-80)65-75-39-51-81(52-40-75)101-93-64-62-91(87-34-18-20-36-89(87)93)95(78-45-57-84(58-46-78)104(15-3)98-70(9)29-23-30-71(98)10)79-47-59-85(60-48-79)105(16-4)99-72(11)31-24-32-73(99)12/h17-36,41-48,53-64,74-75,80-81H,13-16,37-40,49-52,65H2,1-12H3/p+2. The van der Waals surface area contributed by atoms with Crippen LogP contribution < -0.4 is 20.4 Å². The van der Waals surface area contributed by atoms with E-state index in [2.05, 4.69) is 355 Å². The second kappa shape index (κ2) is 32.0. The van der Waals surface area contributed by atoms with Gasteiger partial charge < -0.3 is 20.4 Å². The summed E-state index contributed by atoms with van der Waals surface area (Å²) in [6.07, 6.45) is 30.0. The lowest BCUT2D eigenvalue weighted by Crippen LogP contribution is -2.29. The van der Waals surface area contributed by atoms with Crippen molar-refractivity contribution in [1.82, 2.24) is 0 Å². The average Bonchev–Trinajstić information content (AvgIpc) is 0.764. The van der Waals surface area contributed by atoms with Gasteiger partial charge in [-0.15, -0.1) is 0 Å². The lowest BCUT2D eigenvalue weighted by molar-refractivity contribution is -0.435. The van der Waals surface area contributed by atoms with Crippen molar-refractivity contribution >= 4 is 89.6 Å². The molecule has 2 saturated carbocycles. The molecule has 0 amide bonds. The summed E-state index contributed by atoms with van der Waals surface area (Å²) >= 11 is 0. The fourth-order valence-corrected chi connectivity index (χ4v) is 18.3. The Morgan fingerprint density at radius 2 is 0.648 bits per heavy atom. The summed E-state index contributed by atoms with van der Waals surface area (Å²) < 4.78 is 4.92. The molecule has 0 aromatic heterocycles. The van der Waals surface area contributed by atoms with E-state index in [1.807, 2.05) is 0 Å². The average molecular weight is 1380 g/mol. The van der Waals surface area contributed by atoms with Gasteiger partial charge in [-0.3, -0.25) is 0 Å². The minimum Gasteiger partial charge on any atom is -0.382 e. The molecule has 0 saturated heterocycles. The van der Waals surface area contributed by atoms with E-state index in [1.54, 1.807) is 0 Å². The molecule has 10 aromatic rings. The van der Waals surface area contributed by atoms with Gasteiger partial charge in [-0.05, 0) is 291 Å². The maximum absolute atomic E-state index is 4.16. The second-order valence-electron chi connectivity index (χ2n) is 30.2. The molecular formula is C99H108N6+2. The summed E-state index contributed by atoms with van der Waals surface area (Å²) in [5, 5.41) is 13.4. The van der Waals surface area contributed by atoms with Crippen LogP contribution in [-0.4, -0.2) is 58.8 Å². The van der Waals surface area contributed by atoms with Crippen LogP contribution in [-0.2, 0) is 0 Å². The predicted molar refractivity (Wildman–Crippen MR) is 453 cm³/mol. The first kappa shape index (κ1) is 71.7. The molecule has 0 unspecified atom stereocenters. The molecule has 0 heterocycles. The number of nitrogens with zero attached hydrogens (tertiary/aromatic N) is 4. The SMILES string of the molecule is CCN(c1ccc(C(=C2C=CC(=[N+](CC)c3c(C)cccc3C)C=C2)c2ccc(NC3CCC(CC4CCC(Nc5ccc(C(=C6C=CC(=[N+](CC)c7c(C)cccc7C)C=C6)c6ccc(N(CC)c7c(C)cccc7C)cc6)c6ccccc56)CC4)CC3)c3ccccc23)cc1)c1c(C)cccc1C. The summed E-state index contributed by atoms with van der Waals surface area (Å²) in [5.74, 6) is 1.56. The van der Waals surface area contributed by atoms with Gasteiger partial charge in [0.1, 0.15) is 13.1 Å². The number of anilines is 6. The molecule has 0 spiro atoms. The number of nitrogens with one attached hydrogen (secondary N) is 2. The van der Waals surface area contributed by atoms with Gasteiger partial charge in [-0.2, -0.15) is 9.15 Å². The molecule has 0 atom stereocenters. The molecule has 4 aliphatic rings. The van der Waals surface area contributed by atoms with Crippen molar-refractivity contribution in [2.24, 2.45) is 11.8 Å². The van der Waals surface area contributed by atoms with Gasteiger partial charge in [-0.1, -0.05) is 158 Å². The third kappa shape index (κ3) is 14.9. The molecule has 10 aromatic carbocycles. The van der Waals surface area contributed by atoms with Crippen LogP contribution in [0, 0.1) is 67.2 Å². The van der Waals surface area contributed by atoms with Crippen molar-refractivity contribution in [2.75, 3.05) is 46.6 Å². The highest BCUT2D eigenvalue weighted by atomic mass is 15.1. The molecular weight excluding hydrogens is 1270 g/mol. The summed E-state index contributed by atoms with van der Waals surface area (Å²) in [6, 6.07) is 73.9. The highest BCUT2D eigenvalue weighted by Crippen LogP contribution is 2.45. The van der Waals surface area contributed by atoms with Crippen molar-refractivity contribution in [1.29, 1.82) is 0 Å². The van der Waals surface area contributed by atoms with E-state index in [4.69, 9.17) is 0 Å². The van der Waals surface area contributed by atoms with E-state index < -0.39 is 0 Å². The van der Waals surface area contributed by atoms with Crippen molar-refractivity contribution in [3.8, 4) is 0 Å². The molecule has 6 nitrogen and oxygen atoms in total. The summed E-state index contributed by atoms with van der Waals surface area (Å²) in [6.45, 7) is 30.4. The zero-order chi connectivity index (χ0) is 72.8. The monoisotopic (exact) mass is 1380 g/mol. The quantitative estimate of drug-likeness (QED) is 0.0746. The Balaban J connectivity index is 0.668. The highest BCUT2D eigenvalue weighted by Gasteiger charge is 2.30. The van der Waals surface area contributed by atoms with Crippen LogP contribution in [0.5, 0.6) is 0 Å². The maximum atomic E-state index is 4.16. The second-order valence-corrected chi connectivity index (χ2v) is 30.2. The van der Waals surface area contributed by atoms with Gasteiger partial charge in [0.2, 0.25) is 22.8 Å². The lowest BCUT2D eigenvalue weighted by atomic mass is 9.75. The lowest BCUT2D eigenvalue weighted by Gasteiger charge is -2.35. The third-order valence-electron chi connectivity index (χ3n) is 23.4. The van der Waals surface area contributed by atoms with Crippen molar-refractivity contribution in [3.05, 3.63) is 321 Å².